The van der Waals surface area contributed by atoms with E-state index in [1.165, 1.54) is 6.07 Å². The normalized spacial score (nSPS) is 32.9. The zero-order valence-electron chi connectivity index (χ0n) is 12.7. The molecule has 0 bridgehead atoms. The molecule has 1 saturated carbocycles. The van der Waals surface area contributed by atoms with Crippen molar-refractivity contribution in [1.29, 1.82) is 0 Å². The third kappa shape index (κ3) is 2.46. The molecule has 1 aromatic carbocycles. The molecule has 1 saturated heterocycles. The molecule has 21 heavy (non-hydrogen) atoms. The van der Waals surface area contributed by atoms with E-state index >= 15 is 0 Å². The van der Waals surface area contributed by atoms with Crippen LogP contribution >= 0.6 is 0 Å². The summed E-state index contributed by atoms with van der Waals surface area (Å²) in [5.74, 6) is 0.375. The maximum Gasteiger partial charge on any atom is 0.241 e. The fraction of sp³-hybridized carbons (Fsp3) is 0.588. The van der Waals surface area contributed by atoms with Crippen molar-refractivity contribution in [2.75, 3.05) is 0 Å². The number of carbonyl (C=O) groups is 1. The summed E-state index contributed by atoms with van der Waals surface area (Å²) in [7, 11) is 0. The first-order valence-corrected chi connectivity index (χ1v) is 7.96. The van der Waals surface area contributed by atoms with Gasteiger partial charge in [0.15, 0.2) is 0 Å². The lowest BCUT2D eigenvalue weighted by molar-refractivity contribution is -0.133. The predicted molar refractivity (Wildman–Crippen MR) is 80.0 cm³/mol. The number of nitrogens with one attached hydrogen (secondary N) is 1. The third-order valence-electron chi connectivity index (χ3n) is 4.97. The Kier molecular flexibility index (Phi) is 3.98. The zero-order valence-corrected chi connectivity index (χ0v) is 12.7. The van der Waals surface area contributed by atoms with E-state index in [0.717, 1.165) is 25.7 Å². The maximum atomic E-state index is 14.2. The van der Waals surface area contributed by atoms with E-state index in [0.29, 0.717) is 11.5 Å². The van der Waals surface area contributed by atoms with Crippen LogP contribution in [0.2, 0.25) is 0 Å². The Bertz CT molecular complexity index is 533. The minimum absolute atomic E-state index is 0.129. The molecule has 0 spiro atoms. The SMILES string of the molecule is CCC1NC(c2ccccc2F)N(C2CCCC2C)C1=O. The van der Waals surface area contributed by atoms with Gasteiger partial charge in [-0.3, -0.25) is 10.1 Å². The van der Waals surface area contributed by atoms with Crippen LogP contribution in [0.5, 0.6) is 0 Å². The van der Waals surface area contributed by atoms with Gasteiger partial charge in [-0.1, -0.05) is 38.5 Å². The molecular weight excluding hydrogens is 267 g/mol. The monoisotopic (exact) mass is 290 g/mol. The van der Waals surface area contributed by atoms with Crippen molar-refractivity contribution < 1.29 is 9.18 Å². The summed E-state index contributed by atoms with van der Waals surface area (Å²) in [5.41, 5.74) is 0.584. The smallest absolute Gasteiger partial charge is 0.241 e. The summed E-state index contributed by atoms with van der Waals surface area (Å²) in [6.07, 6.45) is 3.73. The van der Waals surface area contributed by atoms with Gasteiger partial charge in [0.1, 0.15) is 12.0 Å². The van der Waals surface area contributed by atoms with Gasteiger partial charge in [-0.05, 0) is 31.2 Å². The van der Waals surface area contributed by atoms with Crippen molar-refractivity contribution in [2.45, 2.75) is 57.8 Å². The highest BCUT2D eigenvalue weighted by atomic mass is 19.1. The van der Waals surface area contributed by atoms with Crippen LogP contribution in [-0.4, -0.2) is 22.9 Å². The van der Waals surface area contributed by atoms with E-state index in [1.54, 1.807) is 12.1 Å². The van der Waals surface area contributed by atoms with Gasteiger partial charge in [0, 0.05) is 11.6 Å². The van der Waals surface area contributed by atoms with Crippen molar-refractivity contribution in [3.8, 4) is 0 Å². The molecule has 1 N–H and O–H groups in total. The Labute approximate surface area is 125 Å². The van der Waals surface area contributed by atoms with Gasteiger partial charge in [-0.2, -0.15) is 0 Å². The first-order chi connectivity index (χ1) is 10.1. The van der Waals surface area contributed by atoms with Crippen molar-refractivity contribution in [1.82, 2.24) is 10.2 Å². The maximum absolute atomic E-state index is 14.2. The number of amides is 1. The molecule has 4 atom stereocenters. The Hall–Kier alpha value is -1.42. The van der Waals surface area contributed by atoms with Gasteiger partial charge >= 0.3 is 0 Å². The number of carbonyl (C=O) groups excluding carboxylic acids is 1. The molecular formula is C17H23FN2O. The molecule has 0 aromatic heterocycles. The lowest BCUT2D eigenvalue weighted by Crippen LogP contribution is -2.41. The number of halogens is 1. The molecule has 0 radical (unpaired) electrons. The fourth-order valence-electron chi connectivity index (χ4n) is 3.77. The highest BCUT2D eigenvalue weighted by Crippen LogP contribution is 2.38. The van der Waals surface area contributed by atoms with E-state index in [4.69, 9.17) is 0 Å². The first-order valence-electron chi connectivity index (χ1n) is 7.96. The molecule has 1 heterocycles. The molecule has 1 amide bonds. The van der Waals surface area contributed by atoms with Gasteiger partial charge in [0.25, 0.3) is 0 Å². The third-order valence-corrected chi connectivity index (χ3v) is 4.97. The van der Waals surface area contributed by atoms with Crippen LogP contribution < -0.4 is 5.32 Å². The number of benzene rings is 1. The summed E-state index contributed by atoms with van der Waals surface area (Å²) >= 11 is 0. The number of rotatable bonds is 3. The Morgan fingerprint density at radius 3 is 2.71 bits per heavy atom. The average Bonchev–Trinajstić information content (AvgIpc) is 3.02. The zero-order chi connectivity index (χ0) is 15.0. The molecule has 2 aliphatic rings. The second kappa shape index (κ2) is 5.76. The quantitative estimate of drug-likeness (QED) is 0.927. The van der Waals surface area contributed by atoms with E-state index in [2.05, 4.69) is 12.2 Å². The van der Waals surface area contributed by atoms with Gasteiger partial charge < -0.3 is 4.90 Å². The molecule has 114 valence electrons. The van der Waals surface area contributed by atoms with Crippen LogP contribution in [0.25, 0.3) is 0 Å². The molecule has 4 heteroatoms. The number of hydrogen-bond donors (Lipinski definition) is 1. The molecule has 1 aliphatic heterocycles. The molecule has 1 aromatic rings. The topological polar surface area (TPSA) is 32.3 Å². The van der Waals surface area contributed by atoms with Crippen molar-refractivity contribution in [3.63, 3.8) is 0 Å². The van der Waals surface area contributed by atoms with Crippen LogP contribution in [-0.2, 0) is 4.79 Å². The van der Waals surface area contributed by atoms with E-state index < -0.39 is 0 Å². The van der Waals surface area contributed by atoms with Crippen LogP contribution in [0.1, 0.15) is 51.3 Å². The minimum atomic E-state index is -0.325. The average molecular weight is 290 g/mol. The second-order valence-corrected chi connectivity index (χ2v) is 6.27. The van der Waals surface area contributed by atoms with Gasteiger partial charge in [0.2, 0.25) is 5.91 Å². The molecule has 3 rings (SSSR count). The lowest BCUT2D eigenvalue weighted by Gasteiger charge is -2.33. The van der Waals surface area contributed by atoms with E-state index in [9.17, 15) is 9.18 Å². The van der Waals surface area contributed by atoms with Crippen LogP contribution in [0, 0.1) is 11.7 Å². The molecule has 4 unspecified atom stereocenters. The summed E-state index contributed by atoms with van der Waals surface area (Å²) in [6.45, 7) is 4.19. The van der Waals surface area contributed by atoms with E-state index in [-0.39, 0.29) is 30.0 Å². The summed E-state index contributed by atoms with van der Waals surface area (Å²) in [5, 5.41) is 3.33. The predicted octanol–water partition coefficient (Wildman–Crippen LogP) is 3.22. The van der Waals surface area contributed by atoms with Crippen LogP contribution in [0.3, 0.4) is 0 Å². The molecule has 3 nitrogen and oxygen atoms in total. The summed E-state index contributed by atoms with van der Waals surface area (Å²) in [6, 6.07) is 6.81. The van der Waals surface area contributed by atoms with Gasteiger partial charge in [0.05, 0.1) is 6.04 Å². The van der Waals surface area contributed by atoms with E-state index in [1.807, 2.05) is 17.9 Å². The van der Waals surface area contributed by atoms with Crippen molar-refractivity contribution in [3.05, 3.63) is 35.6 Å². The Morgan fingerprint density at radius 1 is 1.33 bits per heavy atom. The first kappa shape index (κ1) is 14.5. The number of nitrogens with zero attached hydrogens (tertiary/aromatic N) is 1. The van der Waals surface area contributed by atoms with Crippen molar-refractivity contribution >= 4 is 5.91 Å². The Morgan fingerprint density at radius 2 is 2.10 bits per heavy atom. The second-order valence-electron chi connectivity index (χ2n) is 6.27. The largest absolute Gasteiger partial charge is 0.318 e. The molecule has 1 aliphatic carbocycles. The standard InChI is InChI=1S/C17H23FN2O/c1-3-14-17(21)20(15-10-6-7-11(15)2)16(19-14)12-8-4-5-9-13(12)18/h4-5,8-9,11,14-16,19H,3,6-7,10H2,1-2H3. The minimum Gasteiger partial charge on any atom is -0.318 e. The fourth-order valence-corrected chi connectivity index (χ4v) is 3.77. The molecule has 2 fully saturated rings. The summed E-state index contributed by atoms with van der Waals surface area (Å²) < 4.78 is 14.2. The van der Waals surface area contributed by atoms with Gasteiger partial charge in [-0.15, -0.1) is 0 Å². The lowest BCUT2D eigenvalue weighted by atomic mass is 10.0. The van der Waals surface area contributed by atoms with Crippen LogP contribution in [0.4, 0.5) is 4.39 Å². The van der Waals surface area contributed by atoms with Gasteiger partial charge in [-0.25, -0.2) is 4.39 Å². The highest BCUT2D eigenvalue weighted by Gasteiger charge is 2.45. The Balaban J connectivity index is 1.96. The number of hydrogen-bond acceptors (Lipinski definition) is 2. The van der Waals surface area contributed by atoms with Crippen LogP contribution in [0.15, 0.2) is 24.3 Å². The summed E-state index contributed by atoms with van der Waals surface area (Å²) in [4.78, 5) is 14.6. The highest BCUT2D eigenvalue weighted by molar-refractivity contribution is 5.85. The van der Waals surface area contributed by atoms with Crippen molar-refractivity contribution in [2.24, 2.45) is 5.92 Å².